The van der Waals surface area contributed by atoms with Gasteiger partial charge in [-0.15, -0.1) is 0 Å². The summed E-state index contributed by atoms with van der Waals surface area (Å²) in [5.41, 5.74) is 4.76. The molecule has 104 valence electrons. The molecule has 1 aliphatic heterocycles. The van der Waals surface area contributed by atoms with Crippen molar-refractivity contribution in [1.29, 1.82) is 0 Å². The minimum atomic E-state index is -0.726. The van der Waals surface area contributed by atoms with E-state index in [-0.39, 0.29) is 16.4 Å². The SMILES string of the molecule is CCC(CC)(C(=O)NC1(C)CCCOC1)C(N)=S. The van der Waals surface area contributed by atoms with E-state index >= 15 is 0 Å². The lowest BCUT2D eigenvalue weighted by Gasteiger charge is -2.38. The van der Waals surface area contributed by atoms with Gasteiger partial charge in [0, 0.05) is 6.61 Å². The van der Waals surface area contributed by atoms with Crippen LogP contribution in [0.5, 0.6) is 0 Å². The predicted molar refractivity (Wildman–Crippen MR) is 76.4 cm³/mol. The van der Waals surface area contributed by atoms with Crippen molar-refractivity contribution >= 4 is 23.1 Å². The van der Waals surface area contributed by atoms with Crippen LogP contribution in [-0.4, -0.2) is 29.6 Å². The van der Waals surface area contributed by atoms with E-state index in [0.717, 1.165) is 19.4 Å². The molecule has 4 nitrogen and oxygen atoms in total. The normalized spacial score (nSPS) is 24.6. The number of nitrogens with two attached hydrogens (primary N) is 1. The van der Waals surface area contributed by atoms with Gasteiger partial charge >= 0.3 is 0 Å². The van der Waals surface area contributed by atoms with Gasteiger partial charge in [0.1, 0.15) is 0 Å². The Morgan fingerprint density at radius 1 is 1.50 bits per heavy atom. The first-order valence-electron chi connectivity index (χ1n) is 6.60. The zero-order chi connectivity index (χ0) is 13.8. The molecule has 1 heterocycles. The first kappa shape index (κ1) is 15.4. The van der Waals surface area contributed by atoms with Gasteiger partial charge in [-0.25, -0.2) is 0 Å². The largest absolute Gasteiger partial charge is 0.392 e. The van der Waals surface area contributed by atoms with Crippen molar-refractivity contribution < 1.29 is 9.53 Å². The molecule has 1 fully saturated rings. The third kappa shape index (κ3) is 3.01. The molecule has 0 spiro atoms. The van der Waals surface area contributed by atoms with Crippen molar-refractivity contribution in [3.8, 4) is 0 Å². The Kier molecular flexibility index (Phi) is 5.10. The maximum Gasteiger partial charge on any atom is 0.233 e. The zero-order valence-corrected chi connectivity index (χ0v) is 12.4. The summed E-state index contributed by atoms with van der Waals surface area (Å²) in [5.74, 6) is -0.0620. The number of carbonyl (C=O) groups excluding carboxylic acids is 1. The minimum absolute atomic E-state index is 0.0620. The number of hydrogen-bond acceptors (Lipinski definition) is 3. The van der Waals surface area contributed by atoms with E-state index < -0.39 is 5.41 Å². The molecule has 3 N–H and O–H groups in total. The van der Waals surface area contributed by atoms with E-state index in [2.05, 4.69) is 5.32 Å². The second kappa shape index (κ2) is 5.97. The molecular formula is C13H24N2O2S. The Balaban J connectivity index is 2.81. The Labute approximate surface area is 115 Å². The second-order valence-electron chi connectivity index (χ2n) is 5.32. The van der Waals surface area contributed by atoms with Crippen molar-refractivity contribution in [3.05, 3.63) is 0 Å². The van der Waals surface area contributed by atoms with Crippen molar-refractivity contribution in [3.63, 3.8) is 0 Å². The molecule has 0 bridgehead atoms. The smallest absolute Gasteiger partial charge is 0.233 e. The molecule has 5 heteroatoms. The second-order valence-corrected chi connectivity index (χ2v) is 5.76. The van der Waals surface area contributed by atoms with Crippen LogP contribution >= 0.6 is 12.2 Å². The maximum atomic E-state index is 12.5. The van der Waals surface area contributed by atoms with Crippen molar-refractivity contribution in [1.82, 2.24) is 5.32 Å². The van der Waals surface area contributed by atoms with Gasteiger partial charge in [-0.3, -0.25) is 4.79 Å². The van der Waals surface area contributed by atoms with Crippen molar-refractivity contribution in [2.45, 2.75) is 52.0 Å². The topological polar surface area (TPSA) is 64.3 Å². The van der Waals surface area contributed by atoms with Crippen LogP contribution < -0.4 is 11.1 Å². The lowest BCUT2D eigenvalue weighted by atomic mass is 9.80. The summed E-state index contributed by atoms with van der Waals surface area (Å²) >= 11 is 5.09. The van der Waals surface area contributed by atoms with E-state index in [9.17, 15) is 4.79 Å². The van der Waals surface area contributed by atoms with Gasteiger partial charge in [0.25, 0.3) is 0 Å². The Hall–Kier alpha value is -0.680. The first-order valence-corrected chi connectivity index (χ1v) is 7.01. The van der Waals surface area contributed by atoms with Gasteiger partial charge in [-0.1, -0.05) is 26.1 Å². The quantitative estimate of drug-likeness (QED) is 0.749. The third-order valence-corrected chi connectivity index (χ3v) is 4.36. The first-order chi connectivity index (χ1) is 8.40. The van der Waals surface area contributed by atoms with Gasteiger partial charge in [0.15, 0.2) is 0 Å². The molecule has 1 atom stereocenters. The molecule has 0 aromatic rings. The predicted octanol–water partition coefficient (Wildman–Crippen LogP) is 1.76. The summed E-state index contributed by atoms with van der Waals surface area (Å²) < 4.78 is 5.45. The highest BCUT2D eigenvalue weighted by Crippen LogP contribution is 2.29. The number of carbonyl (C=O) groups is 1. The fourth-order valence-electron chi connectivity index (χ4n) is 2.46. The molecule has 1 saturated heterocycles. The molecule has 18 heavy (non-hydrogen) atoms. The van der Waals surface area contributed by atoms with Crippen molar-refractivity contribution in [2.24, 2.45) is 11.1 Å². The fraction of sp³-hybridized carbons (Fsp3) is 0.846. The van der Waals surface area contributed by atoms with Crippen LogP contribution in [0, 0.1) is 5.41 Å². The van der Waals surface area contributed by atoms with Gasteiger partial charge in [0.05, 0.1) is 22.5 Å². The highest BCUT2D eigenvalue weighted by atomic mass is 32.1. The summed E-state index contributed by atoms with van der Waals surface area (Å²) in [4.78, 5) is 12.8. The van der Waals surface area contributed by atoms with Gasteiger partial charge < -0.3 is 15.8 Å². The van der Waals surface area contributed by atoms with Gasteiger partial charge in [-0.2, -0.15) is 0 Å². The van der Waals surface area contributed by atoms with E-state index in [4.69, 9.17) is 22.7 Å². The molecule has 0 aromatic carbocycles. The summed E-state index contributed by atoms with van der Waals surface area (Å²) in [6.07, 6.45) is 3.15. The average molecular weight is 272 g/mol. The highest BCUT2D eigenvalue weighted by Gasteiger charge is 2.41. The fourth-order valence-corrected chi connectivity index (χ4v) is 2.84. The monoisotopic (exact) mass is 272 g/mol. The molecule has 0 radical (unpaired) electrons. The average Bonchev–Trinajstić information content (AvgIpc) is 2.31. The van der Waals surface area contributed by atoms with Crippen molar-refractivity contribution in [2.75, 3.05) is 13.2 Å². The maximum absolute atomic E-state index is 12.5. The van der Waals surface area contributed by atoms with Crippen LogP contribution in [0.3, 0.4) is 0 Å². The number of hydrogen-bond donors (Lipinski definition) is 2. The number of amides is 1. The molecule has 0 saturated carbocycles. The minimum Gasteiger partial charge on any atom is -0.392 e. The Morgan fingerprint density at radius 2 is 2.11 bits per heavy atom. The summed E-state index contributed by atoms with van der Waals surface area (Å²) in [6.45, 7) is 7.23. The lowest BCUT2D eigenvalue weighted by molar-refractivity contribution is -0.131. The van der Waals surface area contributed by atoms with E-state index in [1.165, 1.54) is 0 Å². The van der Waals surface area contributed by atoms with Crippen LogP contribution in [0.2, 0.25) is 0 Å². The van der Waals surface area contributed by atoms with E-state index in [0.29, 0.717) is 19.4 Å². The van der Waals surface area contributed by atoms with Gasteiger partial charge in [-0.05, 0) is 32.6 Å². The molecule has 0 aromatic heterocycles. The van der Waals surface area contributed by atoms with Crippen LogP contribution in [-0.2, 0) is 9.53 Å². The molecule has 1 amide bonds. The Morgan fingerprint density at radius 3 is 2.50 bits per heavy atom. The van der Waals surface area contributed by atoms with E-state index in [1.807, 2.05) is 20.8 Å². The molecular weight excluding hydrogens is 248 g/mol. The molecule has 1 aliphatic rings. The summed E-state index contributed by atoms with van der Waals surface area (Å²) in [6, 6.07) is 0. The standard InChI is InChI=1S/C13H24N2O2S/c1-4-13(5-2,10(14)18)11(16)15-12(3)7-6-8-17-9-12/h4-9H2,1-3H3,(H2,14,18)(H,15,16). The molecule has 0 aliphatic carbocycles. The van der Waals surface area contributed by atoms with Crippen LogP contribution in [0.25, 0.3) is 0 Å². The number of rotatable bonds is 5. The number of ether oxygens (including phenoxy) is 1. The summed E-state index contributed by atoms with van der Waals surface area (Å²) in [5, 5.41) is 3.09. The lowest BCUT2D eigenvalue weighted by Crippen LogP contribution is -2.58. The molecule has 1 rings (SSSR count). The Bertz CT molecular complexity index is 321. The van der Waals surface area contributed by atoms with Crippen LogP contribution in [0.1, 0.15) is 46.5 Å². The van der Waals surface area contributed by atoms with Gasteiger partial charge in [0.2, 0.25) is 5.91 Å². The van der Waals surface area contributed by atoms with E-state index in [1.54, 1.807) is 0 Å². The third-order valence-electron chi connectivity index (χ3n) is 3.97. The van der Waals surface area contributed by atoms with Crippen LogP contribution in [0.4, 0.5) is 0 Å². The number of thiocarbonyl (C=S) groups is 1. The zero-order valence-electron chi connectivity index (χ0n) is 11.5. The summed E-state index contributed by atoms with van der Waals surface area (Å²) in [7, 11) is 0. The van der Waals surface area contributed by atoms with Crippen LogP contribution in [0.15, 0.2) is 0 Å². The molecule has 1 unspecified atom stereocenters. The highest BCUT2D eigenvalue weighted by molar-refractivity contribution is 7.80. The number of nitrogens with one attached hydrogen (secondary N) is 1.